The monoisotopic (exact) mass is 324 g/mol. The second kappa shape index (κ2) is 6.21. The lowest BCUT2D eigenvalue weighted by atomic mass is 10.2. The third-order valence-electron chi connectivity index (χ3n) is 2.74. The van der Waals surface area contributed by atoms with Crippen molar-refractivity contribution in [2.45, 2.75) is 24.0 Å². The van der Waals surface area contributed by atoms with Crippen LogP contribution in [0.4, 0.5) is 5.69 Å². The van der Waals surface area contributed by atoms with E-state index in [0.29, 0.717) is 11.3 Å². The molecule has 0 spiro atoms. The molecule has 1 rings (SSSR count). The van der Waals surface area contributed by atoms with Crippen LogP contribution in [0.3, 0.4) is 0 Å². The summed E-state index contributed by atoms with van der Waals surface area (Å²) in [6, 6.07) is 2.83. The van der Waals surface area contributed by atoms with Gasteiger partial charge in [-0.1, -0.05) is 11.6 Å². The first-order chi connectivity index (χ1) is 8.65. The molecular formula is C11H17ClN2O3S2. The van der Waals surface area contributed by atoms with E-state index in [1.807, 2.05) is 0 Å². The van der Waals surface area contributed by atoms with Crippen LogP contribution >= 0.6 is 11.6 Å². The molecule has 2 atom stereocenters. The van der Waals surface area contributed by atoms with E-state index >= 15 is 0 Å². The van der Waals surface area contributed by atoms with Crippen molar-refractivity contribution >= 4 is 38.1 Å². The van der Waals surface area contributed by atoms with Crippen molar-refractivity contribution in [3.63, 3.8) is 0 Å². The van der Waals surface area contributed by atoms with Gasteiger partial charge in [0, 0.05) is 34.5 Å². The number of hydrogen-bond acceptors (Lipinski definition) is 4. The molecular weight excluding hydrogens is 308 g/mol. The van der Waals surface area contributed by atoms with Crippen LogP contribution in [-0.2, 0) is 20.8 Å². The van der Waals surface area contributed by atoms with Gasteiger partial charge in [0.15, 0.2) is 0 Å². The highest BCUT2D eigenvalue weighted by atomic mass is 35.5. The number of anilines is 1. The summed E-state index contributed by atoms with van der Waals surface area (Å²) in [5.41, 5.74) is 6.76. The Bertz CT molecular complexity index is 602. The molecule has 0 fully saturated rings. The van der Waals surface area contributed by atoms with Crippen LogP contribution in [0.2, 0.25) is 5.02 Å². The summed E-state index contributed by atoms with van der Waals surface area (Å²) in [6.45, 7) is 3.52. The van der Waals surface area contributed by atoms with E-state index in [1.165, 1.54) is 18.4 Å². The number of benzene rings is 1. The first kappa shape index (κ1) is 16.4. The largest absolute Gasteiger partial charge is 0.398 e. The number of halogens is 1. The topological polar surface area (TPSA) is 89.3 Å². The van der Waals surface area contributed by atoms with E-state index in [1.54, 1.807) is 13.8 Å². The van der Waals surface area contributed by atoms with Crippen LogP contribution < -0.4 is 10.5 Å². The van der Waals surface area contributed by atoms with Crippen molar-refractivity contribution in [3.05, 3.63) is 22.7 Å². The van der Waals surface area contributed by atoms with Gasteiger partial charge in [-0.3, -0.25) is 4.21 Å². The molecule has 108 valence electrons. The smallest absolute Gasteiger partial charge is 0.242 e. The lowest BCUT2D eigenvalue weighted by molar-refractivity contribution is 0.580. The maximum atomic E-state index is 12.1. The first-order valence-corrected chi connectivity index (χ1v) is 9.01. The highest BCUT2D eigenvalue weighted by Gasteiger charge is 2.20. The summed E-state index contributed by atoms with van der Waals surface area (Å²) < 4.78 is 37.8. The highest BCUT2D eigenvalue weighted by molar-refractivity contribution is 7.89. The lowest BCUT2D eigenvalue weighted by Gasteiger charge is -2.13. The number of nitrogen functional groups attached to an aromatic ring is 1. The Kier molecular flexibility index (Phi) is 5.37. The Hall–Kier alpha value is -0.630. The zero-order valence-corrected chi connectivity index (χ0v) is 13.3. The zero-order chi connectivity index (χ0) is 14.8. The number of nitrogens with two attached hydrogens (primary N) is 1. The first-order valence-electron chi connectivity index (χ1n) is 5.52. The third-order valence-corrected chi connectivity index (χ3v) is 5.93. The third kappa shape index (κ3) is 4.17. The summed E-state index contributed by atoms with van der Waals surface area (Å²) in [6.07, 6.45) is 1.52. The van der Waals surface area contributed by atoms with Crippen LogP contribution in [0.15, 0.2) is 17.0 Å². The normalized spacial score (nSPS) is 15.2. The van der Waals surface area contributed by atoms with Crippen LogP contribution in [0.1, 0.15) is 12.5 Å². The summed E-state index contributed by atoms with van der Waals surface area (Å²) in [4.78, 5) is -0.0636. The molecule has 0 aromatic heterocycles. The molecule has 2 unspecified atom stereocenters. The van der Waals surface area contributed by atoms with E-state index in [-0.39, 0.29) is 21.7 Å². The van der Waals surface area contributed by atoms with Crippen molar-refractivity contribution in [1.29, 1.82) is 0 Å². The van der Waals surface area contributed by atoms with Gasteiger partial charge >= 0.3 is 0 Å². The molecule has 0 saturated heterocycles. The van der Waals surface area contributed by atoms with Gasteiger partial charge in [0.2, 0.25) is 10.0 Å². The van der Waals surface area contributed by atoms with Crippen molar-refractivity contribution in [2.24, 2.45) is 0 Å². The average molecular weight is 325 g/mol. The van der Waals surface area contributed by atoms with Gasteiger partial charge in [-0.15, -0.1) is 0 Å². The summed E-state index contributed by atoms with van der Waals surface area (Å²) in [5.74, 6) is 0. The fraction of sp³-hybridized carbons (Fsp3) is 0.455. The highest BCUT2D eigenvalue weighted by Crippen LogP contribution is 2.26. The van der Waals surface area contributed by atoms with Gasteiger partial charge < -0.3 is 5.73 Å². The lowest BCUT2D eigenvalue weighted by Crippen LogP contribution is -2.32. The van der Waals surface area contributed by atoms with Crippen molar-refractivity contribution in [2.75, 3.05) is 18.5 Å². The van der Waals surface area contributed by atoms with Crippen molar-refractivity contribution in [3.8, 4) is 0 Å². The Morgan fingerprint density at radius 2 is 2.05 bits per heavy atom. The number of sulfonamides is 1. The Balaban J connectivity index is 3.01. The zero-order valence-electron chi connectivity index (χ0n) is 10.9. The van der Waals surface area contributed by atoms with E-state index in [0.717, 1.165) is 0 Å². The predicted molar refractivity (Wildman–Crippen MR) is 79.3 cm³/mol. The Morgan fingerprint density at radius 3 is 2.58 bits per heavy atom. The number of hydrogen-bond donors (Lipinski definition) is 2. The van der Waals surface area contributed by atoms with E-state index in [4.69, 9.17) is 17.3 Å². The fourth-order valence-corrected chi connectivity index (χ4v) is 3.47. The van der Waals surface area contributed by atoms with Gasteiger partial charge in [0.05, 0.1) is 5.02 Å². The van der Waals surface area contributed by atoms with Crippen molar-refractivity contribution < 1.29 is 12.6 Å². The second-order valence-corrected chi connectivity index (χ2v) is 8.24. The molecule has 1 aromatic rings. The summed E-state index contributed by atoms with van der Waals surface area (Å²) >= 11 is 5.93. The Labute approximate surface area is 121 Å². The minimum Gasteiger partial charge on any atom is -0.398 e. The van der Waals surface area contributed by atoms with Gasteiger partial charge in [0.25, 0.3) is 0 Å². The molecule has 3 N–H and O–H groups in total. The van der Waals surface area contributed by atoms with Crippen LogP contribution in [0.25, 0.3) is 0 Å². The maximum absolute atomic E-state index is 12.1. The minimum atomic E-state index is -3.76. The molecule has 0 amide bonds. The molecule has 0 radical (unpaired) electrons. The predicted octanol–water partition coefficient (Wildman–Crippen LogP) is 1.28. The summed E-state index contributed by atoms with van der Waals surface area (Å²) in [7, 11) is -4.85. The molecule has 0 bridgehead atoms. The maximum Gasteiger partial charge on any atom is 0.242 e. The molecule has 19 heavy (non-hydrogen) atoms. The number of rotatable bonds is 5. The molecule has 5 nitrogen and oxygen atoms in total. The molecule has 1 aromatic carbocycles. The van der Waals surface area contributed by atoms with E-state index in [2.05, 4.69) is 4.72 Å². The molecule has 8 heteroatoms. The Morgan fingerprint density at radius 1 is 1.47 bits per heavy atom. The van der Waals surface area contributed by atoms with Gasteiger partial charge in [-0.25, -0.2) is 13.1 Å². The number of aryl methyl sites for hydroxylation is 1. The average Bonchev–Trinajstić information content (AvgIpc) is 2.30. The fourth-order valence-electron chi connectivity index (χ4n) is 1.30. The number of nitrogens with one attached hydrogen (secondary N) is 1. The SMILES string of the molecule is Cc1cc(Cl)c(S(=O)(=O)NCC(C)S(C)=O)cc1N. The minimum absolute atomic E-state index is 0.0636. The molecule has 0 aliphatic heterocycles. The molecule has 0 heterocycles. The molecule has 0 saturated carbocycles. The van der Waals surface area contributed by atoms with E-state index < -0.39 is 20.8 Å². The standard InChI is InChI=1S/C11H17ClN2O3S2/c1-7-4-9(12)11(5-10(7)13)19(16,17)14-6-8(2)18(3)15/h4-5,8,14H,6,13H2,1-3H3. The van der Waals surface area contributed by atoms with Crippen LogP contribution in [0, 0.1) is 6.92 Å². The van der Waals surface area contributed by atoms with Crippen molar-refractivity contribution in [1.82, 2.24) is 4.72 Å². The quantitative estimate of drug-likeness (QED) is 0.798. The molecule has 0 aliphatic carbocycles. The van der Waals surface area contributed by atoms with Gasteiger partial charge in [-0.05, 0) is 31.5 Å². The van der Waals surface area contributed by atoms with Gasteiger partial charge in [0.1, 0.15) is 4.90 Å². The second-order valence-electron chi connectivity index (χ2n) is 4.30. The van der Waals surface area contributed by atoms with Gasteiger partial charge in [-0.2, -0.15) is 0 Å². The van der Waals surface area contributed by atoms with E-state index in [9.17, 15) is 12.6 Å². The summed E-state index contributed by atoms with van der Waals surface area (Å²) in [5, 5.41) is -0.166. The van der Waals surface area contributed by atoms with Crippen LogP contribution in [-0.4, -0.2) is 30.7 Å². The van der Waals surface area contributed by atoms with Crippen LogP contribution in [0.5, 0.6) is 0 Å². The molecule has 0 aliphatic rings.